The summed E-state index contributed by atoms with van der Waals surface area (Å²) in [6, 6.07) is 5.62. The number of ether oxygens (including phenoxy) is 1. The highest BCUT2D eigenvalue weighted by Crippen LogP contribution is 2.44. The molecule has 2 saturated carbocycles. The summed E-state index contributed by atoms with van der Waals surface area (Å²) in [7, 11) is 0. The molecule has 7 heteroatoms. The van der Waals surface area contributed by atoms with E-state index in [-0.39, 0.29) is 30.2 Å². The summed E-state index contributed by atoms with van der Waals surface area (Å²) in [6.45, 7) is 2.85. The van der Waals surface area contributed by atoms with Crippen LogP contribution in [0.2, 0.25) is 0 Å². The average Bonchev–Trinajstić information content (AvgIpc) is 3.36. The number of carbonyl (C=O) groups excluding carboxylic acids is 3. The van der Waals surface area contributed by atoms with Gasteiger partial charge in [0, 0.05) is 37.7 Å². The van der Waals surface area contributed by atoms with E-state index in [4.69, 9.17) is 4.74 Å². The lowest BCUT2D eigenvalue weighted by molar-refractivity contribution is -0.136. The highest BCUT2D eigenvalue weighted by atomic mass is 16.5. The van der Waals surface area contributed by atoms with Gasteiger partial charge in [0.05, 0.1) is 0 Å². The van der Waals surface area contributed by atoms with Crippen LogP contribution in [0.5, 0.6) is 5.75 Å². The van der Waals surface area contributed by atoms with Gasteiger partial charge in [0.15, 0.2) is 0 Å². The number of hydrogen-bond donors (Lipinski definition) is 1. The molecule has 7 nitrogen and oxygen atoms in total. The third kappa shape index (κ3) is 3.43. The maximum Gasteiger partial charge on any atom is 0.255 e. The van der Waals surface area contributed by atoms with Gasteiger partial charge in [-0.15, -0.1) is 0 Å². The molecule has 3 unspecified atom stereocenters. The van der Waals surface area contributed by atoms with E-state index in [1.165, 1.54) is 38.8 Å². The molecule has 6 rings (SSSR count). The van der Waals surface area contributed by atoms with Gasteiger partial charge in [-0.05, 0) is 74.1 Å². The van der Waals surface area contributed by atoms with Crippen molar-refractivity contribution in [1.82, 2.24) is 15.1 Å². The smallest absolute Gasteiger partial charge is 0.255 e. The normalized spacial score (nSPS) is 31.5. The molecule has 0 aromatic heterocycles. The van der Waals surface area contributed by atoms with Crippen molar-refractivity contribution in [3.8, 4) is 5.75 Å². The number of amides is 3. The standard InChI is InChI=1S/C24H29N3O4/c28-22-9-8-20(23(29)25-22)27-13-15-10-17(6-7-18(15)24(27)30)31-21-3-1-2-19(21)26-11-16(12-26)14-4-5-14/h6-7,10,14,16,19-21H,1-5,8-9,11-13H2,(H,25,28,29). The Bertz CT molecular complexity index is 937. The molecule has 3 aliphatic heterocycles. The van der Waals surface area contributed by atoms with Crippen LogP contribution in [0.3, 0.4) is 0 Å². The highest BCUT2D eigenvalue weighted by Gasteiger charge is 2.45. The molecule has 4 fully saturated rings. The molecule has 1 aromatic rings. The molecule has 164 valence electrons. The van der Waals surface area contributed by atoms with Gasteiger partial charge in [0.1, 0.15) is 17.9 Å². The second-order valence-corrected chi connectivity index (χ2v) is 9.92. The van der Waals surface area contributed by atoms with Gasteiger partial charge in [-0.3, -0.25) is 24.6 Å². The molecule has 0 spiro atoms. The number of hydrogen-bond acceptors (Lipinski definition) is 5. The zero-order chi connectivity index (χ0) is 21.1. The summed E-state index contributed by atoms with van der Waals surface area (Å²) < 4.78 is 6.44. The van der Waals surface area contributed by atoms with Gasteiger partial charge in [-0.2, -0.15) is 0 Å². The molecule has 2 aliphatic carbocycles. The Hall–Kier alpha value is -2.41. The first kappa shape index (κ1) is 19.3. The molecular formula is C24H29N3O4. The minimum Gasteiger partial charge on any atom is -0.489 e. The number of piperidine rings is 1. The molecule has 0 bridgehead atoms. The predicted octanol–water partition coefficient (Wildman–Crippen LogP) is 2.09. The average molecular weight is 424 g/mol. The first-order valence-electron chi connectivity index (χ1n) is 11.7. The van der Waals surface area contributed by atoms with Crippen molar-refractivity contribution in [3.63, 3.8) is 0 Å². The third-order valence-corrected chi connectivity index (χ3v) is 7.90. The SMILES string of the molecule is O=C1CCC(N2Cc3cc(OC4CCCC4N4CC(C5CC5)C4)ccc3C2=O)C(=O)N1. The van der Waals surface area contributed by atoms with Gasteiger partial charge in [0.25, 0.3) is 5.91 Å². The van der Waals surface area contributed by atoms with Crippen LogP contribution in [0.25, 0.3) is 0 Å². The van der Waals surface area contributed by atoms with E-state index in [9.17, 15) is 14.4 Å². The zero-order valence-corrected chi connectivity index (χ0v) is 17.7. The predicted molar refractivity (Wildman–Crippen MR) is 112 cm³/mol. The van der Waals surface area contributed by atoms with Gasteiger partial charge in [-0.25, -0.2) is 0 Å². The van der Waals surface area contributed by atoms with Crippen LogP contribution in [-0.4, -0.2) is 58.8 Å². The van der Waals surface area contributed by atoms with E-state index < -0.39 is 6.04 Å². The molecule has 31 heavy (non-hydrogen) atoms. The number of benzene rings is 1. The zero-order valence-electron chi connectivity index (χ0n) is 17.7. The molecule has 3 atom stereocenters. The monoisotopic (exact) mass is 423 g/mol. The Morgan fingerprint density at radius 1 is 0.968 bits per heavy atom. The molecule has 5 aliphatic rings. The Labute approximate surface area is 182 Å². The summed E-state index contributed by atoms with van der Waals surface area (Å²) in [4.78, 5) is 40.7. The minimum absolute atomic E-state index is 0.138. The third-order valence-electron chi connectivity index (χ3n) is 7.90. The first-order valence-corrected chi connectivity index (χ1v) is 11.7. The van der Waals surface area contributed by atoms with Crippen LogP contribution in [0.1, 0.15) is 60.9 Å². The molecular weight excluding hydrogens is 394 g/mol. The van der Waals surface area contributed by atoms with Crippen molar-refractivity contribution < 1.29 is 19.1 Å². The van der Waals surface area contributed by atoms with Crippen molar-refractivity contribution >= 4 is 17.7 Å². The largest absolute Gasteiger partial charge is 0.489 e. The van der Waals surface area contributed by atoms with Gasteiger partial charge < -0.3 is 9.64 Å². The van der Waals surface area contributed by atoms with E-state index in [0.29, 0.717) is 24.6 Å². The molecule has 1 N–H and O–H groups in total. The van der Waals surface area contributed by atoms with Gasteiger partial charge in [-0.1, -0.05) is 0 Å². The lowest BCUT2D eigenvalue weighted by atomic mass is 9.92. The summed E-state index contributed by atoms with van der Waals surface area (Å²) >= 11 is 0. The second-order valence-electron chi connectivity index (χ2n) is 9.92. The van der Waals surface area contributed by atoms with Crippen LogP contribution >= 0.6 is 0 Å². The number of nitrogens with zero attached hydrogens (tertiary/aromatic N) is 2. The molecule has 3 heterocycles. The lowest BCUT2D eigenvalue weighted by Gasteiger charge is -2.45. The van der Waals surface area contributed by atoms with E-state index >= 15 is 0 Å². The van der Waals surface area contributed by atoms with E-state index in [1.807, 2.05) is 18.2 Å². The molecule has 2 saturated heterocycles. The number of nitrogens with one attached hydrogen (secondary N) is 1. The molecule has 3 amide bonds. The Morgan fingerprint density at radius 3 is 2.58 bits per heavy atom. The minimum atomic E-state index is -0.577. The van der Waals surface area contributed by atoms with Crippen LogP contribution < -0.4 is 10.1 Å². The van der Waals surface area contributed by atoms with Crippen molar-refractivity contribution in [1.29, 1.82) is 0 Å². The summed E-state index contributed by atoms with van der Waals surface area (Å²) in [5.41, 5.74) is 1.54. The second kappa shape index (κ2) is 7.33. The van der Waals surface area contributed by atoms with Crippen LogP contribution in [-0.2, 0) is 16.1 Å². The van der Waals surface area contributed by atoms with E-state index in [2.05, 4.69) is 10.2 Å². The van der Waals surface area contributed by atoms with Crippen LogP contribution in [0.15, 0.2) is 18.2 Å². The fourth-order valence-corrected chi connectivity index (χ4v) is 5.95. The number of fused-ring (bicyclic) bond motifs is 1. The highest BCUT2D eigenvalue weighted by molar-refractivity contribution is 6.05. The quantitative estimate of drug-likeness (QED) is 0.734. The van der Waals surface area contributed by atoms with Crippen LogP contribution in [0, 0.1) is 11.8 Å². The number of likely N-dealkylation sites (tertiary alicyclic amines) is 1. The van der Waals surface area contributed by atoms with Crippen molar-refractivity contribution in [3.05, 3.63) is 29.3 Å². The maximum atomic E-state index is 12.9. The van der Waals surface area contributed by atoms with E-state index in [1.54, 1.807) is 4.90 Å². The topological polar surface area (TPSA) is 79.0 Å². The van der Waals surface area contributed by atoms with Gasteiger partial charge >= 0.3 is 0 Å². The fraction of sp³-hybridized carbons (Fsp3) is 0.625. The van der Waals surface area contributed by atoms with Crippen molar-refractivity contribution in [2.75, 3.05) is 13.1 Å². The summed E-state index contributed by atoms with van der Waals surface area (Å²) in [6.07, 6.45) is 7.19. The van der Waals surface area contributed by atoms with Crippen molar-refractivity contribution in [2.45, 2.75) is 69.7 Å². The number of carbonyl (C=O) groups is 3. The van der Waals surface area contributed by atoms with E-state index in [0.717, 1.165) is 29.6 Å². The lowest BCUT2D eigenvalue weighted by Crippen LogP contribution is -2.56. The maximum absolute atomic E-state index is 12.9. The Morgan fingerprint density at radius 2 is 1.81 bits per heavy atom. The molecule has 1 aromatic carbocycles. The van der Waals surface area contributed by atoms with Crippen LogP contribution in [0.4, 0.5) is 0 Å². The van der Waals surface area contributed by atoms with Gasteiger partial charge in [0.2, 0.25) is 11.8 Å². The fourth-order valence-electron chi connectivity index (χ4n) is 5.95. The molecule has 0 radical (unpaired) electrons. The Balaban J connectivity index is 1.12. The number of imide groups is 1. The first-order chi connectivity index (χ1) is 15.1. The summed E-state index contributed by atoms with van der Waals surface area (Å²) in [5.74, 6) is 1.93. The summed E-state index contributed by atoms with van der Waals surface area (Å²) in [5, 5.41) is 2.35. The Kier molecular flexibility index (Phi) is 4.56. The van der Waals surface area contributed by atoms with Crippen molar-refractivity contribution in [2.24, 2.45) is 11.8 Å². The number of rotatable bonds is 5.